The average Bonchev–Trinajstić information content (AvgIpc) is 2.80. The molecule has 3 nitrogen and oxygen atoms in total. The van der Waals surface area contributed by atoms with Gasteiger partial charge in [0.15, 0.2) is 5.58 Å². The number of hydrogen-bond acceptors (Lipinski definition) is 3. The van der Waals surface area contributed by atoms with Crippen LogP contribution in [0.5, 0.6) is 0 Å². The van der Waals surface area contributed by atoms with Crippen molar-refractivity contribution in [1.29, 1.82) is 0 Å². The largest absolute Gasteiger partial charge is 0.436 e. The van der Waals surface area contributed by atoms with Crippen LogP contribution in [0.4, 0.5) is 5.69 Å². The van der Waals surface area contributed by atoms with Crippen LogP contribution >= 0.6 is 0 Å². The van der Waals surface area contributed by atoms with Crippen molar-refractivity contribution in [1.82, 2.24) is 4.98 Å². The molecule has 0 spiro atoms. The maximum atomic E-state index is 6.04. The van der Waals surface area contributed by atoms with Crippen LogP contribution in [-0.2, 0) is 0 Å². The van der Waals surface area contributed by atoms with Crippen molar-refractivity contribution < 1.29 is 4.42 Å². The van der Waals surface area contributed by atoms with E-state index in [1.165, 1.54) is 5.56 Å². The summed E-state index contributed by atoms with van der Waals surface area (Å²) >= 11 is 0. The Kier molecular flexibility index (Phi) is 2.56. The Labute approximate surface area is 112 Å². The molecule has 19 heavy (non-hydrogen) atoms. The Morgan fingerprint density at radius 3 is 2.63 bits per heavy atom. The van der Waals surface area contributed by atoms with Crippen LogP contribution < -0.4 is 5.73 Å². The van der Waals surface area contributed by atoms with Crippen molar-refractivity contribution in [3.05, 3.63) is 47.0 Å². The quantitative estimate of drug-likeness (QED) is 0.666. The van der Waals surface area contributed by atoms with Gasteiger partial charge in [0.1, 0.15) is 5.52 Å². The van der Waals surface area contributed by atoms with Gasteiger partial charge in [-0.15, -0.1) is 0 Å². The molecule has 0 saturated carbocycles. The molecule has 1 heterocycles. The topological polar surface area (TPSA) is 52.0 Å². The molecule has 2 aromatic carbocycles. The van der Waals surface area contributed by atoms with E-state index in [2.05, 4.69) is 24.0 Å². The summed E-state index contributed by atoms with van der Waals surface area (Å²) in [6.45, 7) is 6.02. The lowest BCUT2D eigenvalue weighted by Gasteiger charge is -2.02. The Morgan fingerprint density at radius 1 is 1.11 bits per heavy atom. The van der Waals surface area contributed by atoms with Crippen molar-refractivity contribution in [3.8, 4) is 11.5 Å². The van der Waals surface area contributed by atoms with Crippen LogP contribution in [0.15, 0.2) is 34.7 Å². The lowest BCUT2D eigenvalue weighted by molar-refractivity contribution is 0.619. The van der Waals surface area contributed by atoms with Crippen molar-refractivity contribution in [2.24, 2.45) is 0 Å². The highest BCUT2D eigenvalue weighted by atomic mass is 16.3. The number of oxazole rings is 1. The van der Waals surface area contributed by atoms with Crippen LogP contribution in [0.1, 0.15) is 16.7 Å². The highest BCUT2D eigenvalue weighted by Gasteiger charge is 2.13. The molecule has 3 heteroatoms. The van der Waals surface area contributed by atoms with E-state index in [-0.39, 0.29) is 0 Å². The van der Waals surface area contributed by atoms with E-state index < -0.39 is 0 Å². The number of rotatable bonds is 1. The second-order valence-corrected chi connectivity index (χ2v) is 4.97. The zero-order valence-electron chi connectivity index (χ0n) is 11.3. The number of hydrogen-bond donors (Lipinski definition) is 1. The zero-order chi connectivity index (χ0) is 13.6. The lowest BCUT2D eigenvalue weighted by Crippen LogP contribution is -1.93. The van der Waals surface area contributed by atoms with E-state index >= 15 is 0 Å². The van der Waals surface area contributed by atoms with Gasteiger partial charge in [-0.2, -0.15) is 0 Å². The maximum Gasteiger partial charge on any atom is 0.227 e. The number of aryl methyl sites for hydroxylation is 3. The van der Waals surface area contributed by atoms with Crippen molar-refractivity contribution in [2.45, 2.75) is 20.8 Å². The first kappa shape index (κ1) is 11.8. The first-order chi connectivity index (χ1) is 9.06. The van der Waals surface area contributed by atoms with Crippen LogP contribution in [0.25, 0.3) is 22.6 Å². The molecular formula is C16H16N2O. The standard InChI is InChI=1S/C16H16N2O/c1-9-5-4-6-12(7-9)16-18-15-11(3)14(17)10(2)8-13(15)19-16/h4-8H,17H2,1-3H3. The molecule has 0 unspecified atom stereocenters. The molecule has 0 atom stereocenters. The van der Waals surface area contributed by atoms with E-state index in [1.54, 1.807) is 0 Å². The Hall–Kier alpha value is -2.29. The van der Waals surface area contributed by atoms with Crippen molar-refractivity contribution >= 4 is 16.8 Å². The van der Waals surface area contributed by atoms with Gasteiger partial charge in [0.2, 0.25) is 5.89 Å². The Morgan fingerprint density at radius 2 is 1.89 bits per heavy atom. The highest BCUT2D eigenvalue weighted by molar-refractivity contribution is 5.85. The molecule has 0 bridgehead atoms. The highest BCUT2D eigenvalue weighted by Crippen LogP contribution is 2.30. The molecule has 0 amide bonds. The Balaban J connectivity index is 2.25. The predicted molar refractivity (Wildman–Crippen MR) is 78.1 cm³/mol. The van der Waals surface area contributed by atoms with Gasteiger partial charge in [-0.25, -0.2) is 4.98 Å². The Bertz CT molecular complexity index is 772. The number of anilines is 1. The smallest absolute Gasteiger partial charge is 0.227 e. The average molecular weight is 252 g/mol. The maximum absolute atomic E-state index is 6.04. The summed E-state index contributed by atoms with van der Waals surface area (Å²) in [6.07, 6.45) is 0. The fourth-order valence-corrected chi connectivity index (χ4v) is 2.30. The van der Waals surface area contributed by atoms with Gasteiger partial charge >= 0.3 is 0 Å². The summed E-state index contributed by atoms with van der Waals surface area (Å²) in [6, 6.07) is 10.1. The minimum atomic E-state index is 0.645. The molecular weight excluding hydrogens is 236 g/mol. The molecule has 3 rings (SSSR count). The summed E-state index contributed by atoms with van der Waals surface area (Å²) in [4.78, 5) is 4.58. The number of fused-ring (bicyclic) bond motifs is 1. The molecule has 0 fully saturated rings. The number of benzene rings is 2. The first-order valence-electron chi connectivity index (χ1n) is 6.29. The van der Waals surface area contributed by atoms with Crippen LogP contribution in [-0.4, -0.2) is 4.98 Å². The third kappa shape index (κ3) is 1.87. The molecule has 0 aliphatic carbocycles. The lowest BCUT2D eigenvalue weighted by atomic mass is 10.1. The molecule has 0 aliphatic heterocycles. The van der Waals surface area contributed by atoms with Gasteiger partial charge in [0.25, 0.3) is 0 Å². The number of nitrogen functional groups attached to an aromatic ring is 1. The molecule has 2 N–H and O–H groups in total. The van der Waals surface area contributed by atoms with Gasteiger partial charge < -0.3 is 10.2 Å². The molecule has 3 aromatic rings. The molecule has 96 valence electrons. The van der Waals surface area contributed by atoms with E-state index in [0.717, 1.165) is 33.5 Å². The van der Waals surface area contributed by atoms with E-state index in [9.17, 15) is 0 Å². The minimum Gasteiger partial charge on any atom is -0.436 e. The number of nitrogens with two attached hydrogens (primary N) is 1. The van der Waals surface area contributed by atoms with Crippen molar-refractivity contribution in [3.63, 3.8) is 0 Å². The molecule has 0 aliphatic rings. The van der Waals surface area contributed by atoms with E-state index in [0.29, 0.717) is 5.89 Å². The zero-order valence-corrected chi connectivity index (χ0v) is 11.3. The number of nitrogens with zero attached hydrogens (tertiary/aromatic N) is 1. The second kappa shape index (κ2) is 4.12. The van der Waals surface area contributed by atoms with E-state index in [1.807, 2.05) is 32.0 Å². The normalized spacial score (nSPS) is 11.1. The fourth-order valence-electron chi connectivity index (χ4n) is 2.30. The minimum absolute atomic E-state index is 0.645. The van der Waals surface area contributed by atoms with Gasteiger partial charge in [-0.3, -0.25) is 0 Å². The van der Waals surface area contributed by atoms with Gasteiger partial charge in [0.05, 0.1) is 0 Å². The van der Waals surface area contributed by atoms with Crippen LogP contribution in [0.2, 0.25) is 0 Å². The molecule has 1 aromatic heterocycles. The van der Waals surface area contributed by atoms with Crippen molar-refractivity contribution in [2.75, 3.05) is 5.73 Å². The third-order valence-corrected chi connectivity index (χ3v) is 3.45. The summed E-state index contributed by atoms with van der Waals surface area (Å²) in [5, 5.41) is 0. The summed E-state index contributed by atoms with van der Waals surface area (Å²) in [7, 11) is 0. The van der Waals surface area contributed by atoms with Gasteiger partial charge in [-0.05, 0) is 44.5 Å². The van der Waals surface area contributed by atoms with Gasteiger partial charge in [-0.1, -0.05) is 17.7 Å². The molecule has 0 radical (unpaired) electrons. The third-order valence-electron chi connectivity index (χ3n) is 3.45. The van der Waals surface area contributed by atoms with E-state index in [4.69, 9.17) is 10.2 Å². The monoisotopic (exact) mass is 252 g/mol. The van der Waals surface area contributed by atoms with Crippen LogP contribution in [0, 0.1) is 20.8 Å². The first-order valence-corrected chi connectivity index (χ1v) is 6.29. The molecule has 0 saturated heterocycles. The second-order valence-electron chi connectivity index (χ2n) is 4.97. The fraction of sp³-hybridized carbons (Fsp3) is 0.188. The van der Waals surface area contributed by atoms with Gasteiger partial charge in [0, 0.05) is 16.8 Å². The predicted octanol–water partition coefficient (Wildman–Crippen LogP) is 4.00. The van der Waals surface area contributed by atoms with Crippen LogP contribution in [0.3, 0.4) is 0 Å². The number of aromatic nitrogens is 1. The summed E-state index contributed by atoms with van der Waals surface area (Å²) in [5.74, 6) is 0.645. The summed E-state index contributed by atoms with van der Waals surface area (Å²) in [5.41, 5.74) is 12.7. The SMILES string of the molecule is Cc1cccc(-c2nc3c(C)c(N)c(C)cc3o2)c1. The summed E-state index contributed by atoms with van der Waals surface area (Å²) < 4.78 is 5.86.